The summed E-state index contributed by atoms with van der Waals surface area (Å²) in [5.74, 6) is -0.0249. The number of carbonyl (C=O) groups is 1. The number of nitrogens with two attached hydrogens (primary N) is 1. The molecule has 0 unspecified atom stereocenters. The van der Waals surface area contributed by atoms with E-state index in [9.17, 15) is 4.79 Å². The summed E-state index contributed by atoms with van der Waals surface area (Å²) in [4.78, 5) is 16.5. The molecule has 5 heteroatoms. The first-order chi connectivity index (χ1) is 8.58. The van der Waals surface area contributed by atoms with Crippen molar-refractivity contribution in [1.29, 1.82) is 0 Å². The van der Waals surface area contributed by atoms with Gasteiger partial charge < -0.3 is 5.73 Å². The highest BCUT2D eigenvalue weighted by Gasteiger charge is 2.08. The predicted molar refractivity (Wildman–Crippen MR) is 76.9 cm³/mol. The van der Waals surface area contributed by atoms with Crippen LogP contribution >= 0.6 is 27.7 Å². The normalized spacial score (nSPS) is 10.3. The fourth-order valence-corrected chi connectivity index (χ4v) is 2.80. The van der Waals surface area contributed by atoms with E-state index in [1.165, 1.54) is 18.7 Å². The van der Waals surface area contributed by atoms with Gasteiger partial charge in [0.05, 0.1) is 4.47 Å². The van der Waals surface area contributed by atoms with Gasteiger partial charge in [-0.3, -0.25) is 4.79 Å². The zero-order chi connectivity index (χ0) is 13.1. The van der Waals surface area contributed by atoms with Gasteiger partial charge in [-0.15, -0.1) is 0 Å². The van der Waals surface area contributed by atoms with Crippen LogP contribution in [0.2, 0.25) is 0 Å². The third-order valence-corrected chi connectivity index (χ3v) is 4.25. The lowest BCUT2D eigenvalue weighted by Gasteiger charge is -2.06. The number of ketones is 1. The first-order valence-electron chi connectivity index (χ1n) is 5.27. The highest BCUT2D eigenvalue weighted by molar-refractivity contribution is 9.10. The van der Waals surface area contributed by atoms with Gasteiger partial charge in [0.15, 0.2) is 5.78 Å². The Labute approximate surface area is 118 Å². The summed E-state index contributed by atoms with van der Waals surface area (Å²) in [6.45, 7) is 1.51. The van der Waals surface area contributed by atoms with Crippen LogP contribution in [0.1, 0.15) is 17.3 Å². The zero-order valence-electron chi connectivity index (χ0n) is 9.68. The second kappa shape index (κ2) is 5.54. The lowest BCUT2D eigenvalue weighted by molar-refractivity contribution is 0.101. The smallest absolute Gasteiger partial charge is 0.161 e. The highest BCUT2D eigenvalue weighted by Crippen LogP contribution is 2.33. The van der Waals surface area contributed by atoms with E-state index in [4.69, 9.17) is 5.73 Å². The van der Waals surface area contributed by atoms with Crippen LogP contribution in [0, 0.1) is 0 Å². The number of rotatable bonds is 3. The second-order valence-corrected chi connectivity index (χ2v) is 5.61. The van der Waals surface area contributed by atoms with Gasteiger partial charge in [-0.25, -0.2) is 4.98 Å². The summed E-state index contributed by atoms with van der Waals surface area (Å²) in [5.41, 5.74) is 6.90. The number of nitrogen functional groups attached to an aromatic ring is 1. The summed E-state index contributed by atoms with van der Waals surface area (Å²) in [6, 6.07) is 9.21. The Hall–Kier alpha value is -1.33. The lowest BCUT2D eigenvalue weighted by atomic mass is 10.1. The van der Waals surface area contributed by atoms with Crippen molar-refractivity contribution >= 4 is 39.2 Å². The number of pyridine rings is 1. The summed E-state index contributed by atoms with van der Waals surface area (Å²) in [6.07, 6.45) is 1.74. The Morgan fingerprint density at radius 3 is 2.78 bits per heavy atom. The molecule has 0 aliphatic heterocycles. The maximum absolute atomic E-state index is 11.3. The molecule has 0 saturated heterocycles. The van der Waals surface area contributed by atoms with E-state index in [0.717, 1.165) is 14.4 Å². The molecule has 0 saturated carbocycles. The van der Waals surface area contributed by atoms with Crippen LogP contribution in [-0.2, 0) is 0 Å². The van der Waals surface area contributed by atoms with Gasteiger partial charge in [0, 0.05) is 22.3 Å². The number of aromatic nitrogens is 1. The van der Waals surface area contributed by atoms with Crippen molar-refractivity contribution in [3.05, 3.63) is 46.6 Å². The molecule has 18 heavy (non-hydrogen) atoms. The Kier molecular flexibility index (Phi) is 4.04. The minimum atomic E-state index is -0.0249. The van der Waals surface area contributed by atoms with Crippen molar-refractivity contribution in [3.63, 3.8) is 0 Å². The van der Waals surface area contributed by atoms with E-state index in [2.05, 4.69) is 20.9 Å². The molecule has 0 atom stereocenters. The minimum Gasteiger partial charge on any atom is -0.398 e. The fraction of sp³-hybridized carbons (Fsp3) is 0.0769. The number of benzene rings is 1. The van der Waals surface area contributed by atoms with Gasteiger partial charge in [0.25, 0.3) is 0 Å². The third kappa shape index (κ3) is 2.91. The number of Topliss-reactive ketones (excluding diaryl/α,β-unsaturated/α-hetero) is 1. The van der Waals surface area contributed by atoms with E-state index in [0.29, 0.717) is 11.3 Å². The van der Waals surface area contributed by atoms with E-state index < -0.39 is 0 Å². The Balaban J connectivity index is 2.29. The Morgan fingerprint density at radius 1 is 1.39 bits per heavy atom. The largest absolute Gasteiger partial charge is 0.398 e. The maximum Gasteiger partial charge on any atom is 0.161 e. The van der Waals surface area contributed by atoms with Gasteiger partial charge >= 0.3 is 0 Å². The molecular weight excluding hydrogens is 312 g/mol. The van der Waals surface area contributed by atoms with Crippen LogP contribution in [-0.4, -0.2) is 10.8 Å². The fourth-order valence-electron chi connectivity index (χ4n) is 1.48. The minimum absolute atomic E-state index is 0.0249. The monoisotopic (exact) mass is 322 g/mol. The quantitative estimate of drug-likeness (QED) is 0.690. The number of hydrogen-bond acceptors (Lipinski definition) is 4. The number of anilines is 1. The van der Waals surface area contributed by atoms with Gasteiger partial charge in [-0.1, -0.05) is 11.8 Å². The maximum atomic E-state index is 11.3. The topological polar surface area (TPSA) is 56.0 Å². The lowest BCUT2D eigenvalue weighted by Crippen LogP contribution is -1.99. The molecule has 2 N–H and O–H groups in total. The highest BCUT2D eigenvalue weighted by atomic mass is 79.9. The van der Waals surface area contributed by atoms with E-state index >= 15 is 0 Å². The van der Waals surface area contributed by atoms with E-state index in [1.54, 1.807) is 18.3 Å². The average molecular weight is 323 g/mol. The molecule has 2 rings (SSSR count). The van der Waals surface area contributed by atoms with E-state index in [1.807, 2.05) is 18.2 Å². The summed E-state index contributed by atoms with van der Waals surface area (Å²) in [7, 11) is 0. The molecule has 0 aliphatic carbocycles. The molecule has 3 nitrogen and oxygen atoms in total. The van der Waals surface area contributed by atoms with Gasteiger partial charge in [-0.05, 0) is 53.2 Å². The molecule has 92 valence electrons. The predicted octanol–water partition coefficient (Wildman–Crippen LogP) is 3.78. The van der Waals surface area contributed by atoms with Crippen LogP contribution in [0.3, 0.4) is 0 Å². The van der Waals surface area contributed by atoms with Crippen molar-refractivity contribution in [2.24, 2.45) is 0 Å². The first kappa shape index (κ1) is 13.1. The summed E-state index contributed by atoms with van der Waals surface area (Å²) >= 11 is 4.94. The number of nitrogens with zero attached hydrogens (tertiary/aromatic N) is 1. The molecule has 0 bridgehead atoms. The SMILES string of the molecule is CC(=O)c1ccc(Sc2ncccc2Br)cc1N. The Morgan fingerprint density at radius 2 is 2.17 bits per heavy atom. The summed E-state index contributed by atoms with van der Waals surface area (Å²) in [5, 5.41) is 0.868. The van der Waals surface area contributed by atoms with Crippen LogP contribution in [0.5, 0.6) is 0 Å². The Bertz CT molecular complexity index is 601. The zero-order valence-corrected chi connectivity index (χ0v) is 12.1. The third-order valence-electron chi connectivity index (χ3n) is 2.34. The van der Waals surface area contributed by atoms with Crippen LogP contribution in [0.25, 0.3) is 0 Å². The number of carbonyl (C=O) groups excluding carboxylic acids is 1. The average Bonchev–Trinajstić information content (AvgIpc) is 2.32. The molecule has 2 aromatic rings. The van der Waals surface area contributed by atoms with Crippen molar-refractivity contribution < 1.29 is 4.79 Å². The van der Waals surface area contributed by atoms with Gasteiger partial charge in [-0.2, -0.15) is 0 Å². The molecule has 0 amide bonds. The molecule has 0 aliphatic rings. The van der Waals surface area contributed by atoms with Gasteiger partial charge in [0.2, 0.25) is 0 Å². The molecule has 0 radical (unpaired) electrons. The standard InChI is InChI=1S/C13H11BrN2OS/c1-8(17)10-5-4-9(7-12(10)15)18-13-11(14)3-2-6-16-13/h2-7H,15H2,1H3. The van der Waals surface area contributed by atoms with E-state index in [-0.39, 0.29) is 5.78 Å². The molecular formula is C13H11BrN2OS. The van der Waals surface area contributed by atoms with Crippen molar-refractivity contribution in [2.75, 3.05) is 5.73 Å². The molecule has 0 spiro atoms. The second-order valence-electron chi connectivity index (χ2n) is 3.70. The van der Waals surface area contributed by atoms with Crippen LogP contribution in [0.4, 0.5) is 5.69 Å². The van der Waals surface area contributed by atoms with Gasteiger partial charge in [0.1, 0.15) is 5.03 Å². The molecule has 1 aromatic carbocycles. The van der Waals surface area contributed by atoms with Crippen LogP contribution in [0.15, 0.2) is 50.9 Å². The first-order valence-corrected chi connectivity index (χ1v) is 6.87. The van der Waals surface area contributed by atoms with Crippen LogP contribution < -0.4 is 5.73 Å². The number of halogens is 1. The van der Waals surface area contributed by atoms with Crippen molar-refractivity contribution in [1.82, 2.24) is 4.98 Å². The van der Waals surface area contributed by atoms with Crippen molar-refractivity contribution in [3.8, 4) is 0 Å². The van der Waals surface area contributed by atoms with Crippen molar-refractivity contribution in [2.45, 2.75) is 16.8 Å². The molecule has 1 aromatic heterocycles. The molecule has 1 heterocycles. The summed E-state index contributed by atoms with van der Waals surface area (Å²) < 4.78 is 0.934. The number of hydrogen-bond donors (Lipinski definition) is 1. The molecule has 0 fully saturated rings.